The minimum absolute atomic E-state index is 0.186. The lowest BCUT2D eigenvalue weighted by Gasteiger charge is -2.37. The summed E-state index contributed by atoms with van der Waals surface area (Å²) in [7, 11) is 0. The van der Waals surface area contributed by atoms with Crippen LogP contribution >= 0.6 is 0 Å². The number of ether oxygens (including phenoxy) is 2. The molecule has 5 rings (SSSR count). The number of nitrogens with zero attached hydrogens (tertiary/aromatic N) is 4. The Morgan fingerprint density at radius 2 is 1.94 bits per heavy atom. The molecule has 9 nitrogen and oxygen atoms in total. The Balaban J connectivity index is 1.80. The molecular formula is C23H32N4O5. The van der Waals surface area contributed by atoms with Crippen LogP contribution in [0.5, 0.6) is 0 Å². The van der Waals surface area contributed by atoms with Gasteiger partial charge in [0.05, 0.1) is 6.10 Å². The molecular weight excluding hydrogens is 412 g/mol. The first-order chi connectivity index (χ1) is 15.5. The molecule has 1 aliphatic carbocycles. The molecule has 1 N–H and O–H groups in total. The number of aromatic nitrogens is 4. The van der Waals surface area contributed by atoms with Crippen molar-refractivity contribution >= 4 is 11.2 Å². The fourth-order valence-electron chi connectivity index (χ4n) is 5.36. The van der Waals surface area contributed by atoms with Gasteiger partial charge in [0.1, 0.15) is 6.23 Å². The van der Waals surface area contributed by atoms with E-state index in [-0.39, 0.29) is 29.1 Å². The molecule has 0 spiro atoms. The van der Waals surface area contributed by atoms with Gasteiger partial charge in [0.15, 0.2) is 17.0 Å². The Hall–Kier alpha value is -2.23. The number of hydrogen-bond donors (Lipinski definition) is 1. The Kier molecular flexibility index (Phi) is 5.59. The van der Waals surface area contributed by atoms with E-state index >= 15 is 0 Å². The zero-order valence-electron chi connectivity index (χ0n) is 18.8. The number of aliphatic hydroxyl groups is 1. The summed E-state index contributed by atoms with van der Waals surface area (Å²) in [6.07, 6.45) is 8.63. The SMILES string of the molecule is CCCn1c(=O)c2c(nc(C3(O)CC4C=CC(C4)O3)n2C2CCCCO2)n(CCC)c1=O. The van der Waals surface area contributed by atoms with Crippen molar-refractivity contribution in [3.63, 3.8) is 0 Å². The van der Waals surface area contributed by atoms with Gasteiger partial charge < -0.3 is 14.6 Å². The smallest absolute Gasteiger partial charge is 0.332 e. The average molecular weight is 445 g/mol. The van der Waals surface area contributed by atoms with Crippen LogP contribution in [0.2, 0.25) is 0 Å². The standard InChI is InChI=1S/C23H32N4O5/c1-3-10-25-19-18(20(28)26(11-4-2)22(25)29)27(17-7-5-6-12-31-17)21(24-19)23(30)14-15-8-9-16(13-15)32-23/h8-9,15-17,30H,3-7,10-14H2,1-2H3. The summed E-state index contributed by atoms with van der Waals surface area (Å²) in [5.41, 5.74) is -0.115. The largest absolute Gasteiger partial charge is 0.359 e. The van der Waals surface area contributed by atoms with Gasteiger partial charge in [0, 0.05) is 26.1 Å². The van der Waals surface area contributed by atoms with Gasteiger partial charge in [0.2, 0.25) is 5.79 Å². The van der Waals surface area contributed by atoms with Gasteiger partial charge in [-0.05, 0) is 44.4 Å². The maximum Gasteiger partial charge on any atom is 0.332 e. The van der Waals surface area contributed by atoms with Crippen LogP contribution in [-0.2, 0) is 28.4 Å². The predicted molar refractivity (Wildman–Crippen MR) is 118 cm³/mol. The van der Waals surface area contributed by atoms with Gasteiger partial charge in [-0.2, -0.15) is 0 Å². The number of allylic oxidation sites excluding steroid dienone is 1. The highest BCUT2D eigenvalue weighted by Gasteiger charge is 2.47. The highest BCUT2D eigenvalue weighted by Crippen LogP contribution is 2.44. The van der Waals surface area contributed by atoms with Crippen LogP contribution in [0.4, 0.5) is 0 Å². The third-order valence-corrected chi connectivity index (χ3v) is 6.76. The lowest BCUT2D eigenvalue weighted by atomic mass is 9.94. The van der Waals surface area contributed by atoms with Crippen molar-refractivity contribution in [3.05, 3.63) is 38.8 Å². The summed E-state index contributed by atoms with van der Waals surface area (Å²) in [6, 6.07) is 0. The monoisotopic (exact) mass is 444 g/mol. The molecule has 0 radical (unpaired) electrons. The van der Waals surface area contributed by atoms with Crippen LogP contribution in [0.1, 0.15) is 70.8 Å². The predicted octanol–water partition coefficient (Wildman–Crippen LogP) is 2.39. The summed E-state index contributed by atoms with van der Waals surface area (Å²) >= 11 is 0. The lowest BCUT2D eigenvalue weighted by molar-refractivity contribution is -0.263. The molecule has 0 amide bonds. The number of aryl methyl sites for hydroxylation is 1. The Morgan fingerprint density at radius 3 is 2.62 bits per heavy atom. The van der Waals surface area contributed by atoms with Crippen molar-refractivity contribution in [1.29, 1.82) is 0 Å². The molecule has 0 saturated carbocycles. The number of rotatable bonds is 6. The summed E-state index contributed by atoms with van der Waals surface area (Å²) < 4.78 is 16.8. The van der Waals surface area contributed by atoms with Crippen LogP contribution in [-0.4, -0.2) is 36.5 Å². The van der Waals surface area contributed by atoms with E-state index in [0.717, 1.165) is 25.7 Å². The maximum atomic E-state index is 13.6. The van der Waals surface area contributed by atoms with E-state index in [9.17, 15) is 14.7 Å². The first-order valence-corrected chi connectivity index (χ1v) is 11.9. The molecule has 0 aromatic carbocycles. The minimum Gasteiger partial charge on any atom is -0.359 e. The van der Waals surface area contributed by atoms with E-state index in [1.807, 2.05) is 19.9 Å². The molecule has 32 heavy (non-hydrogen) atoms. The molecule has 174 valence electrons. The summed E-state index contributed by atoms with van der Waals surface area (Å²) in [5.74, 6) is -1.19. The normalized spacial score (nSPS) is 29.8. The number of fused-ring (bicyclic) bond motifs is 3. The fraction of sp³-hybridized carbons (Fsp3) is 0.696. The topological polar surface area (TPSA) is 101 Å². The first kappa shape index (κ1) is 21.6. The second-order valence-corrected chi connectivity index (χ2v) is 9.22. The number of hydrogen-bond acceptors (Lipinski definition) is 6. The van der Waals surface area contributed by atoms with Crippen LogP contribution < -0.4 is 11.2 Å². The summed E-state index contributed by atoms with van der Waals surface area (Å²) in [4.78, 5) is 31.5. The van der Waals surface area contributed by atoms with E-state index in [2.05, 4.69) is 6.08 Å². The fourth-order valence-corrected chi connectivity index (χ4v) is 5.36. The zero-order chi connectivity index (χ0) is 22.5. The molecule has 2 aromatic rings. The van der Waals surface area contributed by atoms with Crippen molar-refractivity contribution in [2.24, 2.45) is 5.92 Å². The van der Waals surface area contributed by atoms with Gasteiger partial charge in [-0.3, -0.25) is 18.5 Å². The van der Waals surface area contributed by atoms with Crippen LogP contribution in [0, 0.1) is 5.92 Å². The highest BCUT2D eigenvalue weighted by atomic mass is 16.6. The third kappa shape index (κ3) is 3.38. The molecule has 4 unspecified atom stereocenters. The first-order valence-electron chi connectivity index (χ1n) is 11.9. The average Bonchev–Trinajstić information content (AvgIpc) is 3.36. The Morgan fingerprint density at radius 1 is 1.16 bits per heavy atom. The van der Waals surface area contributed by atoms with Crippen molar-refractivity contribution in [1.82, 2.24) is 18.7 Å². The quantitative estimate of drug-likeness (QED) is 0.687. The van der Waals surface area contributed by atoms with E-state index in [1.165, 1.54) is 4.57 Å². The van der Waals surface area contributed by atoms with E-state index in [4.69, 9.17) is 14.5 Å². The van der Waals surface area contributed by atoms with Gasteiger partial charge >= 0.3 is 5.69 Å². The van der Waals surface area contributed by atoms with Gasteiger partial charge in [0.25, 0.3) is 5.56 Å². The molecule has 2 saturated heterocycles. The van der Waals surface area contributed by atoms with Gasteiger partial charge in [-0.15, -0.1) is 0 Å². The molecule has 4 atom stereocenters. The summed E-state index contributed by atoms with van der Waals surface area (Å²) in [5, 5.41) is 11.7. The molecule has 2 aliphatic heterocycles. The van der Waals surface area contributed by atoms with Crippen LogP contribution in [0.25, 0.3) is 11.2 Å². The Labute approximate surface area is 186 Å². The van der Waals surface area contributed by atoms with Gasteiger partial charge in [-0.25, -0.2) is 9.78 Å². The van der Waals surface area contributed by atoms with Crippen molar-refractivity contribution in [2.75, 3.05) is 6.61 Å². The molecule has 2 fully saturated rings. The third-order valence-electron chi connectivity index (χ3n) is 6.76. The lowest BCUT2D eigenvalue weighted by Crippen LogP contribution is -2.42. The minimum atomic E-state index is -1.65. The van der Waals surface area contributed by atoms with Gasteiger partial charge in [-0.1, -0.05) is 26.0 Å². The molecule has 4 heterocycles. The number of imidazole rings is 1. The van der Waals surface area contributed by atoms with Crippen molar-refractivity contribution in [2.45, 2.75) is 90.0 Å². The molecule has 2 bridgehead atoms. The highest BCUT2D eigenvalue weighted by molar-refractivity contribution is 5.71. The van der Waals surface area contributed by atoms with Crippen LogP contribution in [0.15, 0.2) is 21.7 Å². The van der Waals surface area contributed by atoms with Crippen molar-refractivity contribution < 1.29 is 14.6 Å². The van der Waals surface area contributed by atoms with Crippen molar-refractivity contribution in [3.8, 4) is 0 Å². The second kappa shape index (κ2) is 8.28. The molecule has 2 aromatic heterocycles. The second-order valence-electron chi connectivity index (χ2n) is 9.22. The summed E-state index contributed by atoms with van der Waals surface area (Å²) in [6.45, 7) is 5.27. The zero-order valence-corrected chi connectivity index (χ0v) is 18.8. The maximum absolute atomic E-state index is 13.6. The van der Waals surface area contributed by atoms with E-state index < -0.39 is 12.0 Å². The molecule has 3 aliphatic rings. The Bertz CT molecular complexity index is 1140. The van der Waals surface area contributed by atoms with E-state index in [1.54, 1.807) is 9.13 Å². The van der Waals surface area contributed by atoms with E-state index in [0.29, 0.717) is 50.1 Å². The van der Waals surface area contributed by atoms with Crippen LogP contribution in [0.3, 0.4) is 0 Å². The molecule has 9 heteroatoms.